The van der Waals surface area contributed by atoms with Gasteiger partial charge in [-0.2, -0.15) is 0 Å². The van der Waals surface area contributed by atoms with Crippen molar-refractivity contribution in [1.82, 2.24) is 5.32 Å². The van der Waals surface area contributed by atoms with Crippen LogP contribution in [0.25, 0.3) is 0 Å². The van der Waals surface area contributed by atoms with Crippen molar-refractivity contribution in [3.63, 3.8) is 0 Å². The average molecular weight is 155 g/mol. The first-order valence-corrected chi connectivity index (χ1v) is 4.29. The van der Waals surface area contributed by atoms with Crippen molar-refractivity contribution in [2.45, 2.75) is 12.0 Å². The highest BCUT2D eigenvalue weighted by Gasteiger charge is 2.73. The van der Waals surface area contributed by atoms with Crippen LogP contribution in [0.15, 0.2) is 0 Å². The predicted molar refractivity (Wildman–Crippen MR) is 39.2 cm³/mol. The van der Waals surface area contributed by atoms with E-state index in [1.54, 1.807) is 0 Å². The van der Waals surface area contributed by atoms with Gasteiger partial charge in [-0.05, 0) is 12.3 Å². The number of aliphatic hydroxyl groups is 1. The maximum atomic E-state index is 9.26. The van der Waals surface area contributed by atoms with Crippen molar-refractivity contribution in [3.8, 4) is 0 Å². The zero-order valence-corrected chi connectivity index (χ0v) is 6.47. The summed E-state index contributed by atoms with van der Waals surface area (Å²) in [7, 11) is 0. The Morgan fingerprint density at radius 1 is 1.55 bits per heavy atom. The number of aliphatic hydroxyl groups excluding tert-OH is 1. The second-order valence-electron chi connectivity index (χ2n) is 4.12. The molecule has 0 aromatic rings. The summed E-state index contributed by atoms with van der Waals surface area (Å²) in [4.78, 5) is 0. The van der Waals surface area contributed by atoms with Crippen LogP contribution in [-0.4, -0.2) is 37.0 Å². The first-order chi connectivity index (χ1) is 5.33. The molecule has 2 saturated heterocycles. The molecule has 0 aromatic heterocycles. The van der Waals surface area contributed by atoms with E-state index in [2.05, 4.69) is 5.32 Å². The van der Waals surface area contributed by atoms with Crippen molar-refractivity contribution in [2.24, 2.45) is 11.3 Å². The third kappa shape index (κ3) is 0.504. The summed E-state index contributed by atoms with van der Waals surface area (Å²) >= 11 is 0. The zero-order valence-electron chi connectivity index (χ0n) is 6.47. The Hall–Kier alpha value is -0.120. The average Bonchev–Trinajstić information content (AvgIpc) is 2.57. The predicted octanol–water partition coefficient (Wildman–Crippen LogP) is -0.643. The molecule has 0 amide bonds. The monoisotopic (exact) mass is 155 g/mol. The van der Waals surface area contributed by atoms with E-state index in [1.807, 2.05) is 0 Å². The van der Waals surface area contributed by atoms with E-state index in [0.717, 1.165) is 19.7 Å². The number of rotatable bonds is 1. The van der Waals surface area contributed by atoms with Gasteiger partial charge in [-0.25, -0.2) is 0 Å². The van der Waals surface area contributed by atoms with Gasteiger partial charge in [-0.1, -0.05) is 0 Å². The first kappa shape index (κ1) is 6.40. The molecule has 3 rings (SSSR count). The van der Waals surface area contributed by atoms with Crippen LogP contribution < -0.4 is 5.32 Å². The number of hydrogen-bond acceptors (Lipinski definition) is 3. The fraction of sp³-hybridized carbons (Fsp3) is 1.00. The van der Waals surface area contributed by atoms with Gasteiger partial charge in [0.2, 0.25) is 0 Å². The van der Waals surface area contributed by atoms with E-state index < -0.39 is 0 Å². The van der Waals surface area contributed by atoms with E-state index in [-0.39, 0.29) is 11.0 Å². The second-order valence-corrected chi connectivity index (χ2v) is 4.12. The number of hydrogen-bond donors (Lipinski definition) is 2. The number of fused-ring (bicyclic) bond motifs is 2. The lowest BCUT2D eigenvalue weighted by Gasteiger charge is -2.45. The Morgan fingerprint density at radius 2 is 2.36 bits per heavy atom. The Morgan fingerprint density at radius 3 is 2.73 bits per heavy atom. The maximum absolute atomic E-state index is 9.26. The molecular formula is C8H13NO2. The first-order valence-electron chi connectivity index (χ1n) is 4.29. The van der Waals surface area contributed by atoms with E-state index in [9.17, 15) is 5.11 Å². The SMILES string of the molecule is OCC12CC1COC21CNC1. The van der Waals surface area contributed by atoms with Gasteiger partial charge in [0.1, 0.15) is 5.60 Å². The van der Waals surface area contributed by atoms with Gasteiger partial charge < -0.3 is 15.2 Å². The molecule has 3 fully saturated rings. The minimum atomic E-state index is 0.0341. The molecule has 2 aliphatic heterocycles. The Kier molecular flexibility index (Phi) is 0.947. The zero-order chi connectivity index (χ0) is 7.53. The largest absolute Gasteiger partial charge is 0.396 e. The van der Waals surface area contributed by atoms with Crippen molar-refractivity contribution in [2.75, 3.05) is 26.3 Å². The summed E-state index contributed by atoms with van der Waals surface area (Å²) in [6, 6.07) is 0. The van der Waals surface area contributed by atoms with E-state index in [4.69, 9.17) is 4.74 Å². The Balaban J connectivity index is 1.94. The van der Waals surface area contributed by atoms with Crippen LogP contribution in [0, 0.1) is 11.3 Å². The third-order valence-corrected chi connectivity index (χ3v) is 3.80. The molecule has 3 heteroatoms. The van der Waals surface area contributed by atoms with Gasteiger partial charge >= 0.3 is 0 Å². The molecule has 0 bridgehead atoms. The molecule has 11 heavy (non-hydrogen) atoms. The second kappa shape index (κ2) is 1.63. The molecule has 2 N–H and O–H groups in total. The molecule has 2 heterocycles. The summed E-state index contributed by atoms with van der Waals surface area (Å²) in [6.07, 6.45) is 1.19. The van der Waals surface area contributed by atoms with Crippen LogP contribution in [0.3, 0.4) is 0 Å². The van der Waals surface area contributed by atoms with Crippen LogP contribution in [-0.2, 0) is 4.74 Å². The Labute approximate surface area is 65.7 Å². The highest BCUT2D eigenvalue weighted by Crippen LogP contribution is 2.66. The van der Waals surface area contributed by atoms with E-state index in [0.29, 0.717) is 12.5 Å². The van der Waals surface area contributed by atoms with Gasteiger partial charge in [-0.15, -0.1) is 0 Å². The number of ether oxygens (including phenoxy) is 1. The van der Waals surface area contributed by atoms with Gasteiger partial charge in [0.25, 0.3) is 0 Å². The number of nitrogens with one attached hydrogen (secondary N) is 1. The van der Waals surface area contributed by atoms with Crippen molar-refractivity contribution in [3.05, 3.63) is 0 Å². The smallest absolute Gasteiger partial charge is 0.101 e. The fourth-order valence-corrected chi connectivity index (χ4v) is 2.70. The Bertz CT molecular complexity index is 192. The standard InChI is InChI=1S/C8H13NO2/c10-5-7-1-6(7)2-11-8(7)3-9-4-8/h6,9-10H,1-5H2. The van der Waals surface area contributed by atoms with Crippen LogP contribution >= 0.6 is 0 Å². The van der Waals surface area contributed by atoms with Gasteiger partial charge in [0.15, 0.2) is 0 Å². The summed E-state index contributed by atoms with van der Waals surface area (Å²) in [5.74, 6) is 0.662. The normalized spacial score (nSPS) is 50.5. The van der Waals surface area contributed by atoms with E-state index >= 15 is 0 Å². The highest BCUT2D eigenvalue weighted by atomic mass is 16.5. The molecule has 1 aliphatic carbocycles. The lowest BCUT2D eigenvalue weighted by atomic mass is 9.79. The summed E-state index contributed by atoms with van der Waals surface area (Å²) in [5, 5.41) is 12.5. The topological polar surface area (TPSA) is 41.5 Å². The molecule has 0 aromatic carbocycles. The lowest BCUT2D eigenvalue weighted by molar-refractivity contribution is -0.102. The molecule has 2 unspecified atom stereocenters. The molecular weight excluding hydrogens is 142 g/mol. The van der Waals surface area contributed by atoms with Gasteiger partial charge in [-0.3, -0.25) is 0 Å². The quantitative estimate of drug-likeness (QED) is 0.529. The van der Waals surface area contributed by atoms with E-state index in [1.165, 1.54) is 6.42 Å². The van der Waals surface area contributed by atoms with Crippen LogP contribution in [0.5, 0.6) is 0 Å². The van der Waals surface area contributed by atoms with Crippen molar-refractivity contribution in [1.29, 1.82) is 0 Å². The molecule has 1 spiro atoms. The summed E-state index contributed by atoms with van der Waals surface area (Å²) < 4.78 is 5.71. The summed E-state index contributed by atoms with van der Waals surface area (Å²) in [6.45, 7) is 3.09. The maximum Gasteiger partial charge on any atom is 0.101 e. The molecule has 1 saturated carbocycles. The summed E-state index contributed by atoms with van der Waals surface area (Å²) in [5.41, 5.74) is 0.199. The molecule has 2 atom stereocenters. The minimum absolute atomic E-state index is 0.0341. The van der Waals surface area contributed by atoms with Crippen molar-refractivity contribution >= 4 is 0 Å². The lowest BCUT2D eigenvalue weighted by Crippen LogP contribution is -2.65. The minimum Gasteiger partial charge on any atom is -0.396 e. The van der Waals surface area contributed by atoms with Gasteiger partial charge in [0.05, 0.1) is 13.2 Å². The van der Waals surface area contributed by atoms with Crippen LogP contribution in [0.1, 0.15) is 6.42 Å². The highest BCUT2D eigenvalue weighted by molar-refractivity contribution is 5.23. The van der Waals surface area contributed by atoms with Crippen molar-refractivity contribution < 1.29 is 9.84 Å². The molecule has 3 aliphatic rings. The third-order valence-electron chi connectivity index (χ3n) is 3.80. The molecule has 62 valence electrons. The van der Waals surface area contributed by atoms with Crippen LogP contribution in [0.2, 0.25) is 0 Å². The van der Waals surface area contributed by atoms with Gasteiger partial charge in [0, 0.05) is 18.5 Å². The molecule has 3 nitrogen and oxygen atoms in total. The van der Waals surface area contributed by atoms with Crippen LogP contribution in [0.4, 0.5) is 0 Å². The molecule has 0 radical (unpaired) electrons. The fourth-order valence-electron chi connectivity index (χ4n) is 2.70.